The fourth-order valence-corrected chi connectivity index (χ4v) is 4.37. The summed E-state index contributed by atoms with van der Waals surface area (Å²) in [5.41, 5.74) is 9.75. The Bertz CT molecular complexity index is 435. The van der Waals surface area contributed by atoms with Gasteiger partial charge in [0.1, 0.15) is 0 Å². The van der Waals surface area contributed by atoms with E-state index >= 15 is 0 Å². The molecule has 2 aliphatic rings. The first-order chi connectivity index (χ1) is 9.26. The minimum atomic E-state index is 0.422. The Morgan fingerprint density at radius 2 is 1.95 bits per heavy atom. The summed E-state index contributed by atoms with van der Waals surface area (Å²) in [7, 11) is 0. The lowest BCUT2D eigenvalue weighted by molar-refractivity contribution is 0.376. The van der Waals surface area contributed by atoms with Gasteiger partial charge in [0.2, 0.25) is 0 Å². The van der Waals surface area contributed by atoms with E-state index in [-0.39, 0.29) is 0 Å². The second-order valence-corrected chi connectivity index (χ2v) is 6.59. The normalized spacial score (nSPS) is 29.8. The number of nitrogens with two attached hydrogens (primary N) is 1. The Labute approximate surface area is 117 Å². The molecule has 2 aliphatic carbocycles. The molecule has 1 aromatic rings. The molecule has 0 spiro atoms. The summed E-state index contributed by atoms with van der Waals surface area (Å²) in [6, 6.07) is 9.46. The highest BCUT2D eigenvalue weighted by molar-refractivity contribution is 5.39. The Kier molecular flexibility index (Phi) is 3.66. The predicted molar refractivity (Wildman–Crippen MR) is 81.1 cm³/mol. The molecule has 0 aliphatic heterocycles. The molecule has 0 saturated heterocycles. The molecular formula is C18H27N. The van der Waals surface area contributed by atoms with Crippen LogP contribution in [0.5, 0.6) is 0 Å². The number of rotatable bonds is 5. The smallest absolute Gasteiger partial charge is 0.00786 e. The van der Waals surface area contributed by atoms with Crippen LogP contribution in [0.4, 0.5) is 0 Å². The van der Waals surface area contributed by atoms with Crippen LogP contribution in [0.25, 0.3) is 0 Å². The number of fused-ring (bicyclic) bond motifs is 3. The van der Waals surface area contributed by atoms with Crippen LogP contribution in [0.15, 0.2) is 24.3 Å². The van der Waals surface area contributed by atoms with E-state index in [1.165, 1.54) is 32.1 Å². The van der Waals surface area contributed by atoms with Crippen molar-refractivity contribution in [2.24, 2.45) is 23.5 Å². The van der Waals surface area contributed by atoms with E-state index in [9.17, 15) is 0 Å². The fourth-order valence-electron chi connectivity index (χ4n) is 4.37. The maximum Gasteiger partial charge on any atom is 0.00786 e. The molecule has 2 N–H and O–H groups in total. The van der Waals surface area contributed by atoms with Gasteiger partial charge in [0.05, 0.1) is 0 Å². The Morgan fingerprint density at radius 1 is 1.21 bits per heavy atom. The first kappa shape index (κ1) is 13.2. The molecule has 1 saturated carbocycles. The summed E-state index contributed by atoms with van der Waals surface area (Å²) in [6.45, 7) is 4.60. The zero-order valence-corrected chi connectivity index (χ0v) is 12.3. The third-order valence-electron chi connectivity index (χ3n) is 5.65. The zero-order valence-electron chi connectivity index (χ0n) is 12.3. The van der Waals surface area contributed by atoms with Crippen LogP contribution >= 0.6 is 0 Å². The highest BCUT2D eigenvalue weighted by Crippen LogP contribution is 2.61. The molecule has 4 atom stereocenters. The Balaban J connectivity index is 1.70. The van der Waals surface area contributed by atoms with Gasteiger partial charge < -0.3 is 5.73 Å². The van der Waals surface area contributed by atoms with Crippen LogP contribution in [0, 0.1) is 17.8 Å². The predicted octanol–water partition coefficient (Wildman–Crippen LogP) is 4.12. The second kappa shape index (κ2) is 5.28. The van der Waals surface area contributed by atoms with Crippen LogP contribution in [-0.2, 0) is 6.42 Å². The van der Waals surface area contributed by atoms with Crippen molar-refractivity contribution in [3.63, 3.8) is 0 Å². The lowest BCUT2D eigenvalue weighted by Crippen LogP contribution is -2.27. The summed E-state index contributed by atoms with van der Waals surface area (Å²) in [5.74, 6) is 3.27. The standard InChI is InChI=1S/C18H27N/c1-3-12(4-2)11-16(19)18-15-10-9-13-7-5-6-8-14(13)17(15)18/h5-8,12,15-18H,3-4,9-11,19H2,1-2H3. The highest BCUT2D eigenvalue weighted by Gasteiger charge is 2.55. The third kappa shape index (κ3) is 2.33. The zero-order chi connectivity index (χ0) is 13.4. The van der Waals surface area contributed by atoms with E-state index in [1.807, 2.05) is 0 Å². The van der Waals surface area contributed by atoms with Crippen LogP contribution in [0.2, 0.25) is 0 Å². The average Bonchev–Trinajstić information content (AvgIpc) is 3.19. The summed E-state index contributed by atoms with van der Waals surface area (Å²) in [4.78, 5) is 0. The van der Waals surface area contributed by atoms with Gasteiger partial charge in [-0.25, -0.2) is 0 Å². The second-order valence-electron chi connectivity index (χ2n) is 6.59. The van der Waals surface area contributed by atoms with E-state index in [1.54, 1.807) is 11.1 Å². The molecule has 104 valence electrons. The van der Waals surface area contributed by atoms with Crippen molar-refractivity contribution >= 4 is 0 Å². The topological polar surface area (TPSA) is 26.0 Å². The van der Waals surface area contributed by atoms with Crippen molar-refractivity contribution in [2.75, 3.05) is 0 Å². The minimum Gasteiger partial charge on any atom is -0.327 e. The largest absolute Gasteiger partial charge is 0.327 e. The van der Waals surface area contributed by atoms with Gasteiger partial charge in [0, 0.05) is 6.04 Å². The molecule has 1 nitrogen and oxygen atoms in total. The summed E-state index contributed by atoms with van der Waals surface area (Å²) >= 11 is 0. The van der Waals surface area contributed by atoms with Gasteiger partial charge in [-0.05, 0) is 54.1 Å². The first-order valence-electron chi connectivity index (χ1n) is 8.09. The van der Waals surface area contributed by atoms with Crippen LogP contribution in [0.3, 0.4) is 0 Å². The SMILES string of the molecule is CCC(CC)CC(N)C1C2CCc3ccccc3C21. The van der Waals surface area contributed by atoms with Gasteiger partial charge in [0.25, 0.3) is 0 Å². The molecule has 0 aromatic heterocycles. The minimum absolute atomic E-state index is 0.422. The highest BCUT2D eigenvalue weighted by atomic mass is 14.7. The molecular weight excluding hydrogens is 230 g/mol. The molecule has 0 radical (unpaired) electrons. The van der Waals surface area contributed by atoms with Gasteiger partial charge in [-0.3, -0.25) is 0 Å². The molecule has 3 rings (SSSR count). The van der Waals surface area contributed by atoms with Crippen LogP contribution in [0.1, 0.15) is 56.6 Å². The average molecular weight is 257 g/mol. The van der Waals surface area contributed by atoms with Crippen LogP contribution < -0.4 is 5.73 Å². The van der Waals surface area contributed by atoms with E-state index < -0.39 is 0 Å². The van der Waals surface area contributed by atoms with Gasteiger partial charge in [-0.15, -0.1) is 0 Å². The summed E-state index contributed by atoms with van der Waals surface area (Å²) in [6.07, 6.45) is 6.42. The van der Waals surface area contributed by atoms with Gasteiger partial charge in [-0.2, -0.15) is 0 Å². The third-order valence-corrected chi connectivity index (χ3v) is 5.65. The lowest BCUT2D eigenvalue weighted by atomic mass is 9.91. The molecule has 1 fully saturated rings. The Morgan fingerprint density at radius 3 is 2.68 bits per heavy atom. The summed E-state index contributed by atoms with van der Waals surface area (Å²) in [5, 5.41) is 0. The molecule has 1 heteroatoms. The van der Waals surface area contributed by atoms with Gasteiger partial charge in [-0.1, -0.05) is 51.0 Å². The number of benzene rings is 1. The van der Waals surface area contributed by atoms with Crippen molar-refractivity contribution in [1.29, 1.82) is 0 Å². The van der Waals surface area contributed by atoms with Crippen LogP contribution in [-0.4, -0.2) is 6.04 Å². The van der Waals surface area contributed by atoms with E-state index in [2.05, 4.69) is 38.1 Å². The molecule has 0 amide bonds. The van der Waals surface area contributed by atoms with E-state index in [4.69, 9.17) is 5.73 Å². The number of hydrogen-bond acceptors (Lipinski definition) is 1. The van der Waals surface area contributed by atoms with E-state index in [0.717, 1.165) is 23.7 Å². The van der Waals surface area contributed by atoms with Crippen molar-refractivity contribution in [1.82, 2.24) is 0 Å². The monoisotopic (exact) mass is 257 g/mol. The molecule has 19 heavy (non-hydrogen) atoms. The molecule has 1 aromatic carbocycles. The Hall–Kier alpha value is -0.820. The van der Waals surface area contributed by atoms with Crippen molar-refractivity contribution in [3.05, 3.63) is 35.4 Å². The number of aryl methyl sites for hydroxylation is 1. The van der Waals surface area contributed by atoms with Gasteiger partial charge in [0.15, 0.2) is 0 Å². The maximum atomic E-state index is 6.55. The van der Waals surface area contributed by atoms with Crippen molar-refractivity contribution in [3.8, 4) is 0 Å². The molecule has 0 bridgehead atoms. The quantitative estimate of drug-likeness (QED) is 0.844. The molecule has 0 heterocycles. The number of hydrogen-bond donors (Lipinski definition) is 1. The van der Waals surface area contributed by atoms with E-state index in [0.29, 0.717) is 6.04 Å². The first-order valence-corrected chi connectivity index (χ1v) is 8.09. The fraction of sp³-hybridized carbons (Fsp3) is 0.667. The lowest BCUT2D eigenvalue weighted by Gasteiger charge is -2.18. The van der Waals surface area contributed by atoms with Crippen molar-refractivity contribution in [2.45, 2.75) is 57.9 Å². The summed E-state index contributed by atoms with van der Waals surface area (Å²) < 4.78 is 0. The maximum absolute atomic E-state index is 6.55. The van der Waals surface area contributed by atoms with Gasteiger partial charge >= 0.3 is 0 Å². The van der Waals surface area contributed by atoms with Crippen molar-refractivity contribution < 1.29 is 0 Å². The molecule has 4 unspecified atom stereocenters.